The summed E-state index contributed by atoms with van der Waals surface area (Å²) in [7, 11) is 0. The lowest BCUT2D eigenvalue weighted by Gasteiger charge is -2.02. The molecule has 0 heterocycles. The number of carbonyl (C=O) groups is 2. The zero-order valence-corrected chi connectivity index (χ0v) is 11.1. The lowest BCUT2D eigenvalue weighted by atomic mass is 10.2. The Kier molecular flexibility index (Phi) is 7.02. The third-order valence-corrected chi connectivity index (χ3v) is 2.39. The maximum Gasteiger partial charge on any atom is 0.305 e. The van der Waals surface area contributed by atoms with Crippen molar-refractivity contribution in [3.8, 4) is 0 Å². The Morgan fingerprint density at radius 3 is 2.68 bits per heavy atom. The molecule has 1 aromatic rings. The number of esters is 1. The van der Waals surface area contributed by atoms with Crippen molar-refractivity contribution in [1.29, 1.82) is 0 Å². The fraction of sp³-hybridized carbons (Fsp3) is 0.333. The molecular formula is C15H19NO3. The number of hydrogen-bond acceptors (Lipinski definition) is 3. The third-order valence-electron chi connectivity index (χ3n) is 2.39. The van der Waals surface area contributed by atoms with Gasteiger partial charge in [0, 0.05) is 19.0 Å². The maximum absolute atomic E-state index is 11.5. The fourth-order valence-corrected chi connectivity index (χ4v) is 1.47. The van der Waals surface area contributed by atoms with Crippen molar-refractivity contribution in [3.63, 3.8) is 0 Å². The predicted octanol–water partition coefficient (Wildman–Crippen LogP) is 2.16. The molecule has 19 heavy (non-hydrogen) atoms. The number of rotatable bonds is 7. The largest absolute Gasteiger partial charge is 0.466 e. The zero-order chi connectivity index (χ0) is 13.9. The molecule has 0 aliphatic heterocycles. The first-order valence-electron chi connectivity index (χ1n) is 6.39. The van der Waals surface area contributed by atoms with Crippen molar-refractivity contribution in [2.45, 2.75) is 19.8 Å². The summed E-state index contributed by atoms with van der Waals surface area (Å²) >= 11 is 0. The van der Waals surface area contributed by atoms with Crippen molar-refractivity contribution in [2.24, 2.45) is 0 Å². The molecule has 0 unspecified atom stereocenters. The van der Waals surface area contributed by atoms with Gasteiger partial charge in [-0.1, -0.05) is 30.3 Å². The first-order chi connectivity index (χ1) is 9.22. The van der Waals surface area contributed by atoms with Gasteiger partial charge in [-0.15, -0.1) is 0 Å². The Bertz CT molecular complexity index is 426. The Hall–Kier alpha value is -2.10. The quantitative estimate of drug-likeness (QED) is 0.465. The number of carbonyl (C=O) groups excluding carboxylic acids is 2. The van der Waals surface area contributed by atoms with Crippen LogP contribution < -0.4 is 5.32 Å². The van der Waals surface area contributed by atoms with Crippen LogP contribution in [0.1, 0.15) is 25.3 Å². The second-order valence-electron chi connectivity index (χ2n) is 3.94. The van der Waals surface area contributed by atoms with Crippen molar-refractivity contribution in [2.75, 3.05) is 13.2 Å². The molecule has 0 saturated carbocycles. The van der Waals surface area contributed by atoms with E-state index in [2.05, 4.69) is 5.32 Å². The average molecular weight is 261 g/mol. The minimum Gasteiger partial charge on any atom is -0.466 e. The molecule has 0 atom stereocenters. The van der Waals surface area contributed by atoms with Crippen molar-refractivity contribution < 1.29 is 14.3 Å². The second kappa shape index (κ2) is 8.91. The van der Waals surface area contributed by atoms with Crippen LogP contribution in [0.5, 0.6) is 0 Å². The number of hydrogen-bond donors (Lipinski definition) is 1. The highest BCUT2D eigenvalue weighted by molar-refractivity contribution is 5.91. The SMILES string of the molecule is CCOC(=O)CCCNC(=O)C=Cc1ccccc1. The van der Waals surface area contributed by atoms with E-state index in [0.717, 1.165) is 5.56 Å². The minimum absolute atomic E-state index is 0.160. The van der Waals surface area contributed by atoms with Gasteiger partial charge in [0.25, 0.3) is 0 Å². The van der Waals surface area contributed by atoms with Crippen molar-refractivity contribution in [3.05, 3.63) is 42.0 Å². The summed E-state index contributed by atoms with van der Waals surface area (Å²) in [5.74, 6) is -0.385. The van der Waals surface area contributed by atoms with Crippen LogP contribution in [0.4, 0.5) is 0 Å². The number of amides is 1. The summed E-state index contributed by atoms with van der Waals surface area (Å²) in [6.45, 7) is 2.63. The Balaban J connectivity index is 2.18. The number of benzene rings is 1. The Labute approximate surface area is 113 Å². The third kappa shape index (κ3) is 7.03. The standard InChI is InChI=1S/C15H19NO3/c1-2-19-15(18)9-6-12-16-14(17)11-10-13-7-4-3-5-8-13/h3-5,7-8,10-11H,2,6,9,12H2,1H3,(H,16,17). The van der Waals surface area contributed by atoms with Gasteiger partial charge >= 0.3 is 5.97 Å². The lowest BCUT2D eigenvalue weighted by Crippen LogP contribution is -2.22. The molecule has 0 spiro atoms. The molecular weight excluding hydrogens is 242 g/mol. The van der Waals surface area contributed by atoms with Crippen LogP contribution in [0.3, 0.4) is 0 Å². The van der Waals surface area contributed by atoms with Crippen LogP contribution in [0.25, 0.3) is 6.08 Å². The predicted molar refractivity (Wildman–Crippen MR) is 74.4 cm³/mol. The van der Waals surface area contributed by atoms with E-state index in [1.165, 1.54) is 6.08 Å². The number of ether oxygens (including phenoxy) is 1. The molecule has 0 aliphatic rings. The zero-order valence-electron chi connectivity index (χ0n) is 11.1. The normalized spacial score (nSPS) is 10.4. The topological polar surface area (TPSA) is 55.4 Å². The van der Waals surface area contributed by atoms with Gasteiger partial charge in [-0.3, -0.25) is 9.59 Å². The van der Waals surface area contributed by atoms with Gasteiger partial charge < -0.3 is 10.1 Å². The Morgan fingerprint density at radius 2 is 2.00 bits per heavy atom. The van der Waals surface area contributed by atoms with E-state index in [1.807, 2.05) is 30.3 Å². The van der Waals surface area contributed by atoms with Gasteiger partial charge in [0.1, 0.15) is 0 Å². The monoisotopic (exact) mass is 261 g/mol. The Morgan fingerprint density at radius 1 is 1.26 bits per heavy atom. The summed E-state index contributed by atoms with van der Waals surface area (Å²) in [4.78, 5) is 22.5. The van der Waals surface area contributed by atoms with Crippen LogP contribution in [-0.4, -0.2) is 25.0 Å². The van der Waals surface area contributed by atoms with Gasteiger partial charge in [-0.05, 0) is 25.0 Å². The molecule has 0 aliphatic carbocycles. The van der Waals surface area contributed by atoms with Crippen LogP contribution in [-0.2, 0) is 14.3 Å². The molecule has 4 nitrogen and oxygen atoms in total. The molecule has 0 bridgehead atoms. The molecule has 1 amide bonds. The van der Waals surface area contributed by atoms with Crippen molar-refractivity contribution >= 4 is 18.0 Å². The van der Waals surface area contributed by atoms with Crippen LogP contribution in [0, 0.1) is 0 Å². The molecule has 1 aromatic carbocycles. The van der Waals surface area contributed by atoms with E-state index in [9.17, 15) is 9.59 Å². The van der Waals surface area contributed by atoms with Crippen LogP contribution in [0.15, 0.2) is 36.4 Å². The minimum atomic E-state index is -0.225. The summed E-state index contributed by atoms with van der Waals surface area (Å²) < 4.78 is 4.79. The molecule has 102 valence electrons. The van der Waals surface area contributed by atoms with Gasteiger partial charge in [-0.2, -0.15) is 0 Å². The van der Waals surface area contributed by atoms with Gasteiger partial charge in [-0.25, -0.2) is 0 Å². The van der Waals surface area contributed by atoms with Crippen LogP contribution in [0.2, 0.25) is 0 Å². The molecule has 4 heteroatoms. The highest BCUT2D eigenvalue weighted by atomic mass is 16.5. The molecule has 0 aromatic heterocycles. The second-order valence-corrected chi connectivity index (χ2v) is 3.94. The number of nitrogens with one attached hydrogen (secondary N) is 1. The fourth-order valence-electron chi connectivity index (χ4n) is 1.47. The first kappa shape index (κ1) is 15.0. The smallest absolute Gasteiger partial charge is 0.305 e. The molecule has 0 radical (unpaired) electrons. The average Bonchev–Trinajstić information content (AvgIpc) is 2.43. The van der Waals surface area contributed by atoms with Gasteiger partial charge in [0.2, 0.25) is 5.91 Å². The van der Waals surface area contributed by atoms with Crippen LogP contribution >= 0.6 is 0 Å². The van der Waals surface area contributed by atoms with E-state index in [-0.39, 0.29) is 11.9 Å². The van der Waals surface area contributed by atoms with E-state index in [4.69, 9.17) is 4.74 Å². The maximum atomic E-state index is 11.5. The summed E-state index contributed by atoms with van der Waals surface area (Å²) in [5.41, 5.74) is 0.976. The molecule has 1 rings (SSSR count). The first-order valence-corrected chi connectivity index (χ1v) is 6.39. The van der Waals surface area contributed by atoms with E-state index >= 15 is 0 Å². The van der Waals surface area contributed by atoms with E-state index in [1.54, 1.807) is 13.0 Å². The molecule has 0 fully saturated rings. The van der Waals surface area contributed by atoms with E-state index in [0.29, 0.717) is 26.0 Å². The van der Waals surface area contributed by atoms with Gasteiger partial charge in [0.15, 0.2) is 0 Å². The lowest BCUT2D eigenvalue weighted by molar-refractivity contribution is -0.143. The van der Waals surface area contributed by atoms with E-state index < -0.39 is 0 Å². The summed E-state index contributed by atoms with van der Waals surface area (Å²) in [6, 6.07) is 9.59. The molecule has 0 saturated heterocycles. The summed E-state index contributed by atoms with van der Waals surface area (Å²) in [5, 5.41) is 2.72. The van der Waals surface area contributed by atoms with Crippen molar-refractivity contribution in [1.82, 2.24) is 5.32 Å². The highest BCUT2D eigenvalue weighted by Crippen LogP contribution is 2.00. The molecule has 1 N–H and O–H groups in total. The van der Waals surface area contributed by atoms with Gasteiger partial charge in [0.05, 0.1) is 6.61 Å². The summed E-state index contributed by atoms with van der Waals surface area (Å²) in [6.07, 6.45) is 4.15. The highest BCUT2D eigenvalue weighted by Gasteiger charge is 2.01.